The molecule has 1 N–H and O–H groups in total. The molecule has 1 atom stereocenters. The quantitative estimate of drug-likeness (QED) is 0.212. The summed E-state index contributed by atoms with van der Waals surface area (Å²) in [7, 11) is 1.71. The molecule has 0 bridgehead atoms. The molecule has 1 amide bonds. The molecule has 0 radical (unpaired) electrons. The number of rotatable bonds is 9. The van der Waals surface area contributed by atoms with Crippen LogP contribution in [0.2, 0.25) is 0 Å². The van der Waals surface area contributed by atoms with Crippen molar-refractivity contribution < 1.29 is 4.79 Å². The number of amides is 1. The van der Waals surface area contributed by atoms with Crippen molar-refractivity contribution in [3.63, 3.8) is 0 Å². The van der Waals surface area contributed by atoms with E-state index >= 15 is 0 Å². The number of hydrogen-bond acceptors (Lipinski definition) is 4. The number of halogens is 1. The van der Waals surface area contributed by atoms with Crippen LogP contribution in [-0.4, -0.2) is 21.2 Å². The van der Waals surface area contributed by atoms with Gasteiger partial charge in [-0.1, -0.05) is 100 Å². The van der Waals surface area contributed by atoms with Gasteiger partial charge >= 0.3 is 0 Å². The summed E-state index contributed by atoms with van der Waals surface area (Å²) >= 11 is 4.72. The van der Waals surface area contributed by atoms with Gasteiger partial charge in [-0.3, -0.25) is 14.2 Å². The summed E-state index contributed by atoms with van der Waals surface area (Å²) in [6.07, 6.45) is 1.21. The van der Waals surface area contributed by atoms with Gasteiger partial charge < -0.3 is 5.32 Å². The molecule has 0 aliphatic rings. The Kier molecular flexibility index (Phi) is 8.78. The van der Waals surface area contributed by atoms with Gasteiger partial charge in [0.15, 0.2) is 5.16 Å². The highest BCUT2D eigenvalue weighted by molar-refractivity contribution is 9.10. The van der Waals surface area contributed by atoms with Crippen molar-refractivity contribution in [3.05, 3.63) is 128 Å². The van der Waals surface area contributed by atoms with Crippen molar-refractivity contribution in [3.8, 4) is 0 Å². The maximum atomic E-state index is 13.1. The first-order valence-electron chi connectivity index (χ1n) is 11.7. The molecule has 1 aromatic heterocycles. The highest BCUT2D eigenvalue weighted by Gasteiger charge is 2.18. The molecule has 4 rings (SSSR count). The maximum absolute atomic E-state index is 13.1. The Bertz CT molecular complexity index is 1370. The standard InChI is InChI=1S/C29H28BrN3O2S/c1-20-25(17-22-13-15-24(30)16-14-22)28(35)33(2)29(31-20)36-19-27(34)32-26(23-11-7-4-8-12-23)18-21-9-5-3-6-10-21/h3-16,26H,17-19H2,1-2H3,(H,32,34). The van der Waals surface area contributed by atoms with E-state index in [4.69, 9.17) is 0 Å². The molecule has 0 saturated heterocycles. The molecular weight excluding hydrogens is 534 g/mol. The first-order chi connectivity index (χ1) is 17.4. The topological polar surface area (TPSA) is 64.0 Å². The second-order valence-electron chi connectivity index (χ2n) is 8.63. The van der Waals surface area contributed by atoms with Crippen molar-refractivity contribution in [2.45, 2.75) is 31.0 Å². The third kappa shape index (κ3) is 6.74. The molecular formula is C29H28BrN3O2S. The van der Waals surface area contributed by atoms with Gasteiger partial charge in [0.05, 0.1) is 11.8 Å². The van der Waals surface area contributed by atoms with Gasteiger partial charge in [0.1, 0.15) is 0 Å². The van der Waals surface area contributed by atoms with Crippen molar-refractivity contribution in [2.24, 2.45) is 7.05 Å². The molecule has 1 unspecified atom stereocenters. The van der Waals surface area contributed by atoms with Gasteiger partial charge in [-0.15, -0.1) is 0 Å². The minimum absolute atomic E-state index is 0.0837. The predicted molar refractivity (Wildman–Crippen MR) is 149 cm³/mol. The lowest BCUT2D eigenvalue weighted by Gasteiger charge is -2.20. The average Bonchev–Trinajstić information content (AvgIpc) is 2.90. The minimum atomic E-state index is -0.145. The van der Waals surface area contributed by atoms with Crippen LogP contribution in [0.3, 0.4) is 0 Å². The van der Waals surface area contributed by atoms with Crippen LogP contribution in [0.15, 0.2) is 99.4 Å². The summed E-state index contributed by atoms with van der Waals surface area (Å²) in [6.45, 7) is 1.85. The Labute approximate surface area is 224 Å². The smallest absolute Gasteiger partial charge is 0.257 e. The van der Waals surface area contributed by atoms with Crippen molar-refractivity contribution in [1.29, 1.82) is 0 Å². The molecule has 0 fully saturated rings. The Hall–Kier alpha value is -3.16. The fourth-order valence-electron chi connectivity index (χ4n) is 4.02. The Morgan fingerprint density at radius 1 is 0.972 bits per heavy atom. The van der Waals surface area contributed by atoms with Crippen LogP contribution in [0.4, 0.5) is 0 Å². The third-order valence-corrected chi connectivity index (χ3v) is 7.55. The van der Waals surface area contributed by atoms with E-state index in [9.17, 15) is 9.59 Å². The summed E-state index contributed by atoms with van der Waals surface area (Å²) in [6, 6.07) is 27.9. The summed E-state index contributed by atoms with van der Waals surface area (Å²) in [5, 5.41) is 3.70. The van der Waals surface area contributed by atoms with E-state index in [1.807, 2.05) is 79.7 Å². The molecule has 0 aliphatic heterocycles. The molecule has 7 heteroatoms. The van der Waals surface area contributed by atoms with E-state index < -0.39 is 0 Å². The number of aryl methyl sites for hydroxylation is 1. The van der Waals surface area contributed by atoms with Gasteiger partial charge in [0.2, 0.25) is 5.91 Å². The molecule has 184 valence electrons. The van der Waals surface area contributed by atoms with Crippen molar-refractivity contribution >= 4 is 33.6 Å². The summed E-state index contributed by atoms with van der Waals surface area (Å²) in [4.78, 5) is 30.7. The monoisotopic (exact) mass is 561 g/mol. The first-order valence-corrected chi connectivity index (χ1v) is 13.5. The Balaban J connectivity index is 1.45. The number of thioether (sulfide) groups is 1. The average molecular weight is 563 g/mol. The number of nitrogens with zero attached hydrogens (tertiary/aromatic N) is 2. The van der Waals surface area contributed by atoms with E-state index in [-0.39, 0.29) is 23.3 Å². The maximum Gasteiger partial charge on any atom is 0.257 e. The number of hydrogen-bond donors (Lipinski definition) is 1. The van der Waals surface area contributed by atoms with E-state index in [1.54, 1.807) is 7.05 Å². The Morgan fingerprint density at radius 3 is 2.28 bits per heavy atom. The van der Waals surface area contributed by atoms with Crippen LogP contribution in [0.1, 0.15) is 34.0 Å². The number of carbonyl (C=O) groups is 1. The lowest BCUT2D eigenvalue weighted by Crippen LogP contribution is -2.32. The van der Waals surface area contributed by atoms with Gasteiger partial charge in [0.25, 0.3) is 5.56 Å². The van der Waals surface area contributed by atoms with Gasteiger partial charge in [-0.05, 0) is 42.2 Å². The van der Waals surface area contributed by atoms with Crippen LogP contribution in [0, 0.1) is 6.92 Å². The second-order valence-corrected chi connectivity index (χ2v) is 10.5. The Morgan fingerprint density at radius 2 is 1.61 bits per heavy atom. The molecule has 3 aromatic carbocycles. The van der Waals surface area contributed by atoms with E-state index in [0.29, 0.717) is 29.3 Å². The number of aromatic nitrogens is 2. The molecule has 4 aromatic rings. The lowest BCUT2D eigenvalue weighted by atomic mass is 9.99. The van der Waals surface area contributed by atoms with Crippen LogP contribution in [0.25, 0.3) is 0 Å². The van der Waals surface area contributed by atoms with E-state index in [2.05, 4.69) is 38.4 Å². The predicted octanol–water partition coefficient (Wildman–Crippen LogP) is 5.63. The SMILES string of the molecule is Cc1nc(SCC(=O)NC(Cc2ccccc2)c2ccccc2)n(C)c(=O)c1Cc1ccc(Br)cc1. The molecule has 1 heterocycles. The zero-order chi connectivity index (χ0) is 25.5. The van der Waals surface area contributed by atoms with Gasteiger partial charge in [-0.25, -0.2) is 4.98 Å². The lowest BCUT2D eigenvalue weighted by molar-refractivity contribution is -0.119. The van der Waals surface area contributed by atoms with E-state index in [0.717, 1.165) is 21.2 Å². The highest BCUT2D eigenvalue weighted by atomic mass is 79.9. The fraction of sp³-hybridized carbons (Fsp3) is 0.207. The van der Waals surface area contributed by atoms with Crippen molar-refractivity contribution in [2.75, 3.05) is 5.75 Å². The van der Waals surface area contributed by atoms with Crippen LogP contribution in [0.5, 0.6) is 0 Å². The fourth-order valence-corrected chi connectivity index (χ4v) is 5.11. The number of carbonyl (C=O) groups excluding carboxylic acids is 1. The summed E-state index contributed by atoms with van der Waals surface area (Å²) in [5.74, 6) is 0.0693. The molecule has 36 heavy (non-hydrogen) atoms. The molecule has 0 aliphatic carbocycles. The highest BCUT2D eigenvalue weighted by Crippen LogP contribution is 2.21. The first kappa shape index (κ1) is 25.9. The molecule has 0 spiro atoms. The van der Waals surface area contributed by atoms with Crippen LogP contribution >= 0.6 is 27.7 Å². The normalized spacial score (nSPS) is 11.8. The minimum Gasteiger partial charge on any atom is -0.348 e. The molecule has 5 nitrogen and oxygen atoms in total. The van der Waals surface area contributed by atoms with Crippen LogP contribution < -0.4 is 10.9 Å². The number of nitrogens with one attached hydrogen (secondary N) is 1. The van der Waals surface area contributed by atoms with Crippen LogP contribution in [-0.2, 0) is 24.7 Å². The zero-order valence-electron chi connectivity index (χ0n) is 20.3. The van der Waals surface area contributed by atoms with E-state index in [1.165, 1.54) is 16.3 Å². The summed E-state index contributed by atoms with van der Waals surface area (Å²) < 4.78 is 2.54. The molecule has 0 saturated carbocycles. The largest absolute Gasteiger partial charge is 0.348 e. The third-order valence-electron chi connectivity index (χ3n) is 6.00. The second kappa shape index (κ2) is 12.2. The summed E-state index contributed by atoms with van der Waals surface area (Å²) in [5.41, 5.74) is 4.53. The van der Waals surface area contributed by atoms with Gasteiger partial charge in [0, 0.05) is 29.2 Å². The van der Waals surface area contributed by atoms with Gasteiger partial charge in [-0.2, -0.15) is 0 Å². The van der Waals surface area contributed by atoms with Crippen molar-refractivity contribution in [1.82, 2.24) is 14.9 Å². The zero-order valence-corrected chi connectivity index (χ0v) is 22.7. The number of benzene rings is 3.